The molecule has 0 saturated heterocycles. The predicted molar refractivity (Wildman–Crippen MR) is 91.4 cm³/mol. The van der Waals surface area contributed by atoms with Crippen molar-refractivity contribution in [2.45, 2.75) is 13.0 Å². The Labute approximate surface area is 144 Å². The SMILES string of the molecule is C[C@@H](NCC(=O)NC(=O)Nc1ccccc1F)c1cccc(Cl)c1. The van der Waals surface area contributed by atoms with E-state index >= 15 is 0 Å². The van der Waals surface area contributed by atoms with E-state index in [1.165, 1.54) is 18.2 Å². The quantitative estimate of drug-likeness (QED) is 0.774. The van der Waals surface area contributed by atoms with E-state index in [2.05, 4.69) is 16.0 Å². The van der Waals surface area contributed by atoms with Crippen LogP contribution in [0.25, 0.3) is 0 Å². The summed E-state index contributed by atoms with van der Waals surface area (Å²) >= 11 is 5.92. The van der Waals surface area contributed by atoms with Crippen LogP contribution in [0.5, 0.6) is 0 Å². The predicted octanol–water partition coefficient (Wildman–Crippen LogP) is 3.48. The zero-order valence-corrected chi connectivity index (χ0v) is 13.7. The minimum Gasteiger partial charge on any atom is -0.305 e. The smallest absolute Gasteiger partial charge is 0.305 e. The molecule has 0 bridgehead atoms. The Hall–Kier alpha value is -2.44. The number of benzene rings is 2. The molecule has 1 atom stereocenters. The van der Waals surface area contributed by atoms with Crippen LogP contribution in [-0.4, -0.2) is 18.5 Å². The maximum Gasteiger partial charge on any atom is 0.326 e. The molecule has 3 amide bonds. The van der Waals surface area contributed by atoms with E-state index in [1.54, 1.807) is 18.2 Å². The number of carbonyl (C=O) groups excluding carboxylic acids is 2. The molecule has 0 aliphatic carbocycles. The summed E-state index contributed by atoms with van der Waals surface area (Å²) in [6.07, 6.45) is 0. The van der Waals surface area contributed by atoms with E-state index in [4.69, 9.17) is 11.6 Å². The minimum atomic E-state index is -0.790. The summed E-state index contributed by atoms with van der Waals surface area (Å²) in [6, 6.07) is 12.0. The van der Waals surface area contributed by atoms with Crippen LogP contribution in [0.2, 0.25) is 5.02 Å². The van der Waals surface area contributed by atoms with Gasteiger partial charge in [-0.05, 0) is 36.8 Å². The third-order valence-electron chi connectivity index (χ3n) is 3.29. The van der Waals surface area contributed by atoms with Gasteiger partial charge in [-0.2, -0.15) is 0 Å². The largest absolute Gasteiger partial charge is 0.326 e. The normalized spacial score (nSPS) is 11.6. The average Bonchev–Trinajstić information content (AvgIpc) is 2.54. The Morgan fingerprint density at radius 2 is 1.92 bits per heavy atom. The first-order chi connectivity index (χ1) is 11.5. The molecule has 0 spiro atoms. The molecular weight excluding hydrogens is 333 g/mol. The first-order valence-electron chi connectivity index (χ1n) is 7.30. The Morgan fingerprint density at radius 3 is 2.62 bits per heavy atom. The number of halogens is 2. The van der Waals surface area contributed by atoms with Gasteiger partial charge in [-0.3, -0.25) is 10.1 Å². The summed E-state index contributed by atoms with van der Waals surface area (Å²) in [7, 11) is 0. The fourth-order valence-electron chi connectivity index (χ4n) is 2.03. The zero-order valence-electron chi connectivity index (χ0n) is 13.0. The van der Waals surface area contributed by atoms with Gasteiger partial charge in [0.1, 0.15) is 5.82 Å². The van der Waals surface area contributed by atoms with Crippen molar-refractivity contribution in [1.29, 1.82) is 0 Å². The number of rotatable bonds is 5. The molecule has 2 aromatic rings. The number of hydrogen-bond donors (Lipinski definition) is 3. The monoisotopic (exact) mass is 349 g/mol. The molecule has 0 aliphatic heterocycles. The van der Waals surface area contributed by atoms with Crippen molar-refractivity contribution < 1.29 is 14.0 Å². The lowest BCUT2D eigenvalue weighted by atomic mass is 10.1. The van der Waals surface area contributed by atoms with Crippen molar-refractivity contribution in [3.05, 3.63) is 64.9 Å². The summed E-state index contributed by atoms with van der Waals surface area (Å²) in [6.45, 7) is 1.80. The van der Waals surface area contributed by atoms with Crippen molar-refractivity contribution in [3.63, 3.8) is 0 Å². The van der Waals surface area contributed by atoms with Crippen LogP contribution in [0.4, 0.5) is 14.9 Å². The second-order valence-corrected chi connectivity index (χ2v) is 5.58. The average molecular weight is 350 g/mol. The van der Waals surface area contributed by atoms with Crippen LogP contribution in [0, 0.1) is 5.82 Å². The van der Waals surface area contributed by atoms with Crippen molar-refractivity contribution in [2.24, 2.45) is 0 Å². The summed E-state index contributed by atoms with van der Waals surface area (Å²) < 4.78 is 13.4. The molecule has 3 N–H and O–H groups in total. The van der Waals surface area contributed by atoms with Crippen molar-refractivity contribution in [2.75, 3.05) is 11.9 Å². The highest BCUT2D eigenvalue weighted by molar-refractivity contribution is 6.30. The topological polar surface area (TPSA) is 70.2 Å². The van der Waals surface area contributed by atoms with Crippen molar-refractivity contribution >= 4 is 29.2 Å². The van der Waals surface area contributed by atoms with E-state index < -0.39 is 17.8 Å². The third-order valence-corrected chi connectivity index (χ3v) is 3.53. The van der Waals surface area contributed by atoms with Crippen molar-refractivity contribution in [1.82, 2.24) is 10.6 Å². The molecule has 0 radical (unpaired) electrons. The van der Waals surface area contributed by atoms with E-state index in [1.807, 2.05) is 19.1 Å². The number of carbonyl (C=O) groups is 2. The molecule has 0 aliphatic rings. The molecule has 2 aromatic carbocycles. The second-order valence-electron chi connectivity index (χ2n) is 5.14. The Kier molecular flexibility index (Phi) is 6.28. The van der Waals surface area contributed by atoms with Crippen molar-refractivity contribution in [3.8, 4) is 0 Å². The number of imide groups is 1. The van der Waals surface area contributed by atoms with E-state index in [0.29, 0.717) is 5.02 Å². The second kappa shape index (κ2) is 8.42. The highest BCUT2D eigenvalue weighted by atomic mass is 35.5. The van der Waals surface area contributed by atoms with Gasteiger partial charge < -0.3 is 10.6 Å². The highest BCUT2D eigenvalue weighted by Gasteiger charge is 2.12. The van der Waals surface area contributed by atoms with Gasteiger partial charge in [0.05, 0.1) is 12.2 Å². The molecule has 0 heterocycles. The van der Waals surface area contributed by atoms with Gasteiger partial charge in [-0.25, -0.2) is 9.18 Å². The number of nitrogens with one attached hydrogen (secondary N) is 3. The Balaban J connectivity index is 1.80. The van der Waals surface area contributed by atoms with Crippen LogP contribution in [-0.2, 0) is 4.79 Å². The fraction of sp³-hybridized carbons (Fsp3) is 0.176. The van der Waals surface area contributed by atoms with Gasteiger partial charge in [-0.1, -0.05) is 35.9 Å². The van der Waals surface area contributed by atoms with Gasteiger partial charge in [0.25, 0.3) is 0 Å². The number of hydrogen-bond acceptors (Lipinski definition) is 3. The molecule has 126 valence electrons. The molecule has 0 fully saturated rings. The lowest BCUT2D eigenvalue weighted by Crippen LogP contribution is -2.40. The summed E-state index contributed by atoms with van der Waals surface area (Å²) in [5.41, 5.74) is 0.925. The molecule has 0 unspecified atom stereocenters. The lowest BCUT2D eigenvalue weighted by molar-refractivity contribution is -0.119. The van der Waals surface area contributed by atoms with Crippen LogP contribution in [0.15, 0.2) is 48.5 Å². The van der Waals surface area contributed by atoms with E-state index in [0.717, 1.165) is 5.56 Å². The zero-order chi connectivity index (χ0) is 17.5. The molecular formula is C17H17ClFN3O2. The molecule has 5 nitrogen and oxygen atoms in total. The molecule has 7 heteroatoms. The number of anilines is 1. The number of amides is 3. The first kappa shape index (κ1) is 17.9. The third kappa shape index (κ3) is 5.33. The van der Waals surface area contributed by atoms with Gasteiger partial charge in [0.2, 0.25) is 5.91 Å². The molecule has 2 rings (SSSR count). The molecule has 0 saturated carbocycles. The summed E-state index contributed by atoms with van der Waals surface area (Å²) in [4.78, 5) is 23.5. The number of urea groups is 1. The standard InChI is InChI=1S/C17H17ClFN3O2/c1-11(12-5-4-6-13(18)9-12)20-10-16(23)22-17(24)21-15-8-3-2-7-14(15)19/h2-9,11,20H,10H2,1H3,(H2,21,22,23,24)/t11-/m1/s1. The van der Waals surface area contributed by atoms with Crippen LogP contribution in [0.1, 0.15) is 18.5 Å². The van der Waals surface area contributed by atoms with Crippen LogP contribution < -0.4 is 16.0 Å². The highest BCUT2D eigenvalue weighted by Crippen LogP contribution is 2.17. The number of para-hydroxylation sites is 1. The maximum atomic E-state index is 13.4. The van der Waals surface area contributed by atoms with Crippen LogP contribution >= 0.6 is 11.6 Å². The van der Waals surface area contributed by atoms with Gasteiger partial charge in [0, 0.05) is 11.1 Å². The maximum absolute atomic E-state index is 13.4. The van der Waals surface area contributed by atoms with E-state index in [9.17, 15) is 14.0 Å². The first-order valence-corrected chi connectivity index (χ1v) is 7.67. The summed E-state index contributed by atoms with van der Waals surface area (Å²) in [5, 5.41) is 7.99. The Bertz CT molecular complexity index is 739. The van der Waals surface area contributed by atoms with E-state index in [-0.39, 0.29) is 18.3 Å². The van der Waals surface area contributed by atoms with Crippen LogP contribution in [0.3, 0.4) is 0 Å². The Morgan fingerprint density at radius 1 is 1.17 bits per heavy atom. The molecule has 24 heavy (non-hydrogen) atoms. The molecule has 0 aromatic heterocycles. The lowest BCUT2D eigenvalue weighted by Gasteiger charge is -2.14. The van der Waals surface area contributed by atoms with Gasteiger partial charge in [0.15, 0.2) is 0 Å². The van der Waals surface area contributed by atoms with Gasteiger partial charge >= 0.3 is 6.03 Å². The summed E-state index contributed by atoms with van der Waals surface area (Å²) in [5.74, 6) is -1.11. The van der Waals surface area contributed by atoms with Gasteiger partial charge in [-0.15, -0.1) is 0 Å². The fourth-order valence-corrected chi connectivity index (χ4v) is 2.23. The minimum absolute atomic E-state index is 0.00283.